The molecule has 4 heteroatoms. The van der Waals surface area contributed by atoms with Crippen LogP contribution in [-0.4, -0.2) is 61.7 Å². The summed E-state index contributed by atoms with van der Waals surface area (Å²) in [7, 11) is 6.45. The molecular weight excluding hydrogens is 236 g/mol. The quantitative estimate of drug-likeness (QED) is 0.755. The van der Waals surface area contributed by atoms with Crippen molar-refractivity contribution in [2.75, 3.05) is 34.2 Å². The van der Waals surface area contributed by atoms with Crippen molar-refractivity contribution in [1.82, 2.24) is 15.1 Å². The lowest BCUT2D eigenvalue weighted by atomic mass is 9.99. The molecular formula is C15H28N4. The van der Waals surface area contributed by atoms with Crippen molar-refractivity contribution in [3.63, 3.8) is 0 Å². The summed E-state index contributed by atoms with van der Waals surface area (Å²) in [5.41, 5.74) is -0.234. The minimum Gasteiger partial charge on any atom is -0.309 e. The number of nitrogens with one attached hydrogen (secondary N) is 1. The molecule has 2 atom stereocenters. The van der Waals surface area contributed by atoms with E-state index in [4.69, 9.17) is 0 Å². The van der Waals surface area contributed by atoms with E-state index in [9.17, 15) is 5.26 Å². The van der Waals surface area contributed by atoms with Gasteiger partial charge in [0.15, 0.2) is 0 Å². The van der Waals surface area contributed by atoms with E-state index in [2.05, 4.69) is 42.3 Å². The number of rotatable bonds is 7. The lowest BCUT2D eigenvalue weighted by molar-refractivity contribution is 0.223. The Kier molecular flexibility index (Phi) is 4.83. The first kappa shape index (κ1) is 14.8. The summed E-state index contributed by atoms with van der Waals surface area (Å²) >= 11 is 0. The standard InChI is InChI=1S/C15H28N4/c1-18(2)9-4-10-19(3)14-7-8-15(11-14,12-16)17-13-5-6-13/h13-14,17H,4-11H2,1-3H3. The Balaban J connectivity index is 1.77. The zero-order chi connectivity index (χ0) is 13.9. The molecule has 0 aromatic rings. The molecule has 2 aliphatic rings. The van der Waals surface area contributed by atoms with Gasteiger partial charge in [0.1, 0.15) is 5.54 Å². The van der Waals surface area contributed by atoms with Gasteiger partial charge in [0.2, 0.25) is 0 Å². The van der Waals surface area contributed by atoms with Gasteiger partial charge in [-0.1, -0.05) is 0 Å². The van der Waals surface area contributed by atoms with E-state index in [0.29, 0.717) is 12.1 Å². The second kappa shape index (κ2) is 6.21. The molecule has 2 saturated carbocycles. The fourth-order valence-corrected chi connectivity index (χ4v) is 3.10. The zero-order valence-corrected chi connectivity index (χ0v) is 12.7. The molecule has 0 saturated heterocycles. The van der Waals surface area contributed by atoms with Crippen molar-refractivity contribution in [3.8, 4) is 6.07 Å². The fourth-order valence-electron chi connectivity index (χ4n) is 3.10. The minimum atomic E-state index is -0.234. The smallest absolute Gasteiger partial charge is 0.108 e. The number of nitrogens with zero attached hydrogens (tertiary/aromatic N) is 3. The van der Waals surface area contributed by atoms with Crippen LogP contribution in [0.25, 0.3) is 0 Å². The molecule has 108 valence electrons. The van der Waals surface area contributed by atoms with Gasteiger partial charge in [-0.15, -0.1) is 0 Å². The molecule has 2 aliphatic carbocycles. The topological polar surface area (TPSA) is 42.3 Å². The van der Waals surface area contributed by atoms with Crippen LogP contribution < -0.4 is 5.32 Å². The molecule has 0 spiro atoms. The highest BCUT2D eigenvalue weighted by Crippen LogP contribution is 2.35. The van der Waals surface area contributed by atoms with Gasteiger partial charge in [0.05, 0.1) is 6.07 Å². The second-order valence-corrected chi connectivity index (χ2v) is 6.65. The van der Waals surface area contributed by atoms with Crippen molar-refractivity contribution in [2.24, 2.45) is 0 Å². The van der Waals surface area contributed by atoms with E-state index in [1.807, 2.05) is 0 Å². The summed E-state index contributed by atoms with van der Waals surface area (Å²) in [5, 5.41) is 13.1. The Hall–Kier alpha value is -0.630. The van der Waals surface area contributed by atoms with E-state index in [1.54, 1.807) is 0 Å². The molecule has 4 nitrogen and oxygen atoms in total. The molecule has 2 rings (SSSR count). The minimum absolute atomic E-state index is 0.234. The Morgan fingerprint density at radius 1 is 1.21 bits per heavy atom. The van der Waals surface area contributed by atoms with Gasteiger partial charge in [-0.2, -0.15) is 5.26 Å². The van der Waals surface area contributed by atoms with Crippen LogP contribution >= 0.6 is 0 Å². The summed E-state index contributed by atoms with van der Waals surface area (Å²) in [5.74, 6) is 0. The van der Waals surface area contributed by atoms with E-state index in [1.165, 1.54) is 19.3 Å². The molecule has 2 fully saturated rings. The van der Waals surface area contributed by atoms with E-state index in [0.717, 1.165) is 32.4 Å². The van der Waals surface area contributed by atoms with Gasteiger partial charge in [0.25, 0.3) is 0 Å². The van der Waals surface area contributed by atoms with Crippen LogP contribution in [0.2, 0.25) is 0 Å². The third-order valence-corrected chi connectivity index (χ3v) is 4.50. The molecule has 0 radical (unpaired) electrons. The highest BCUT2D eigenvalue weighted by Gasteiger charge is 2.43. The third-order valence-electron chi connectivity index (χ3n) is 4.50. The first-order valence-corrected chi connectivity index (χ1v) is 7.58. The van der Waals surface area contributed by atoms with Gasteiger partial charge < -0.3 is 9.80 Å². The molecule has 19 heavy (non-hydrogen) atoms. The Labute approximate surface area is 117 Å². The van der Waals surface area contributed by atoms with Gasteiger partial charge >= 0.3 is 0 Å². The van der Waals surface area contributed by atoms with Crippen molar-refractivity contribution in [2.45, 2.75) is 56.1 Å². The normalized spacial score (nSPS) is 31.1. The van der Waals surface area contributed by atoms with Crippen molar-refractivity contribution >= 4 is 0 Å². The largest absolute Gasteiger partial charge is 0.309 e. The average molecular weight is 264 g/mol. The number of hydrogen-bond acceptors (Lipinski definition) is 4. The maximum Gasteiger partial charge on any atom is 0.108 e. The van der Waals surface area contributed by atoms with Gasteiger partial charge in [-0.25, -0.2) is 0 Å². The Bertz CT molecular complexity index is 332. The van der Waals surface area contributed by atoms with E-state index in [-0.39, 0.29) is 5.54 Å². The van der Waals surface area contributed by atoms with Crippen molar-refractivity contribution < 1.29 is 0 Å². The second-order valence-electron chi connectivity index (χ2n) is 6.65. The van der Waals surface area contributed by atoms with Crippen LogP contribution in [0.15, 0.2) is 0 Å². The van der Waals surface area contributed by atoms with Crippen molar-refractivity contribution in [1.29, 1.82) is 5.26 Å². The number of hydrogen-bond donors (Lipinski definition) is 1. The molecule has 0 aromatic carbocycles. The Morgan fingerprint density at radius 3 is 2.53 bits per heavy atom. The lowest BCUT2D eigenvalue weighted by Crippen LogP contribution is -2.44. The first-order valence-electron chi connectivity index (χ1n) is 7.58. The monoisotopic (exact) mass is 264 g/mol. The molecule has 2 unspecified atom stereocenters. The average Bonchev–Trinajstić information content (AvgIpc) is 3.06. The SMILES string of the molecule is CN(C)CCCN(C)C1CCC(C#N)(NC2CC2)C1. The van der Waals surface area contributed by atoms with Gasteiger partial charge in [-0.3, -0.25) is 5.32 Å². The molecule has 0 amide bonds. The highest BCUT2D eigenvalue weighted by atomic mass is 15.2. The summed E-state index contributed by atoms with van der Waals surface area (Å²) < 4.78 is 0. The van der Waals surface area contributed by atoms with Gasteiger partial charge in [0, 0.05) is 12.1 Å². The summed E-state index contributed by atoms with van der Waals surface area (Å²) in [4.78, 5) is 4.69. The molecule has 1 N–H and O–H groups in total. The first-order chi connectivity index (χ1) is 9.04. The molecule has 0 heterocycles. The fraction of sp³-hybridized carbons (Fsp3) is 0.933. The van der Waals surface area contributed by atoms with Crippen LogP contribution in [0.1, 0.15) is 38.5 Å². The van der Waals surface area contributed by atoms with Crippen LogP contribution in [0.3, 0.4) is 0 Å². The Morgan fingerprint density at radius 2 is 1.95 bits per heavy atom. The van der Waals surface area contributed by atoms with Crippen LogP contribution in [-0.2, 0) is 0 Å². The predicted octanol–water partition coefficient (Wildman–Crippen LogP) is 1.44. The van der Waals surface area contributed by atoms with Crippen LogP contribution in [0, 0.1) is 11.3 Å². The molecule has 0 aromatic heterocycles. The summed E-state index contributed by atoms with van der Waals surface area (Å²) in [6.07, 6.45) is 6.89. The van der Waals surface area contributed by atoms with E-state index >= 15 is 0 Å². The zero-order valence-electron chi connectivity index (χ0n) is 12.7. The lowest BCUT2D eigenvalue weighted by Gasteiger charge is -2.27. The summed E-state index contributed by atoms with van der Waals surface area (Å²) in [6, 6.07) is 3.76. The van der Waals surface area contributed by atoms with Crippen molar-refractivity contribution in [3.05, 3.63) is 0 Å². The number of nitriles is 1. The predicted molar refractivity (Wildman–Crippen MR) is 77.9 cm³/mol. The van der Waals surface area contributed by atoms with E-state index < -0.39 is 0 Å². The summed E-state index contributed by atoms with van der Waals surface area (Å²) in [6.45, 7) is 2.27. The van der Waals surface area contributed by atoms with Crippen LogP contribution in [0.5, 0.6) is 0 Å². The highest BCUT2D eigenvalue weighted by molar-refractivity contribution is 5.15. The van der Waals surface area contributed by atoms with Gasteiger partial charge in [-0.05, 0) is 72.8 Å². The third kappa shape index (κ3) is 4.17. The molecule has 0 aliphatic heterocycles. The maximum absolute atomic E-state index is 9.50. The molecule has 0 bridgehead atoms. The van der Waals surface area contributed by atoms with Crippen LogP contribution in [0.4, 0.5) is 0 Å². The maximum atomic E-state index is 9.50.